The minimum absolute atomic E-state index is 0.134. The molecule has 0 heterocycles. The van der Waals surface area contributed by atoms with Crippen LogP contribution in [0.2, 0.25) is 0 Å². The van der Waals surface area contributed by atoms with Crippen molar-refractivity contribution in [1.29, 1.82) is 5.26 Å². The molecule has 0 atom stereocenters. The summed E-state index contributed by atoms with van der Waals surface area (Å²) in [4.78, 5) is 24.7. The number of anilines is 2. The molecule has 0 aromatic heterocycles. The summed E-state index contributed by atoms with van der Waals surface area (Å²) >= 11 is 0. The Balaban J connectivity index is 1.75. The van der Waals surface area contributed by atoms with Crippen LogP contribution in [0.3, 0.4) is 0 Å². The molecule has 0 aliphatic carbocycles. The second kappa shape index (κ2) is 8.14. The Kier molecular flexibility index (Phi) is 5.47. The summed E-state index contributed by atoms with van der Waals surface area (Å²) in [5.41, 5.74) is 2.25. The normalized spacial score (nSPS) is 10.0. The SMILES string of the molecule is Cc1ccccc1C(=O)Nc1cccc(NC(=O)c2ccc(C#N)cc2F)c1. The minimum Gasteiger partial charge on any atom is -0.322 e. The molecule has 3 aromatic carbocycles. The van der Waals surface area contributed by atoms with Crippen LogP contribution < -0.4 is 10.6 Å². The fraction of sp³-hybridized carbons (Fsp3) is 0.0455. The molecule has 6 heteroatoms. The Morgan fingerprint density at radius 2 is 1.50 bits per heavy atom. The second-order valence-corrected chi connectivity index (χ2v) is 6.11. The zero-order chi connectivity index (χ0) is 20.1. The van der Waals surface area contributed by atoms with Gasteiger partial charge < -0.3 is 10.6 Å². The third kappa shape index (κ3) is 4.22. The number of hydrogen-bond acceptors (Lipinski definition) is 3. The Morgan fingerprint density at radius 1 is 0.857 bits per heavy atom. The van der Waals surface area contributed by atoms with E-state index in [1.165, 1.54) is 12.1 Å². The number of amides is 2. The molecule has 2 amide bonds. The van der Waals surface area contributed by atoms with Crippen molar-refractivity contribution in [3.05, 3.63) is 94.8 Å². The predicted molar refractivity (Wildman–Crippen MR) is 105 cm³/mol. The van der Waals surface area contributed by atoms with Gasteiger partial charge in [0.05, 0.1) is 17.2 Å². The maximum atomic E-state index is 14.0. The summed E-state index contributed by atoms with van der Waals surface area (Å²) in [7, 11) is 0. The van der Waals surface area contributed by atoms with Crippen LogP contribution in [0, 0.1) is 24.1 Å². The highest BCUT2D eigenvalue weighted by Gasteiger charge is 2.13. The van der Waals surface area contributed by atoms with Crippen molar-refractivity contribution in [3.8, 4) is 6.07 Å². The van der Waals surface area contributed by atoms with E-state index in [-0.39, 0.29) is 17.0 Å². The molecule has 5 nitrogen and oxygen atoms in total. The number of rotatable bonds is 4. The number of carbonyl (C=O) groups excluding carboxylic acids is 2. The van der Waals surface area contributed by atoms with Gasteiger partial charge >= 0.3 is 0 Å². The van der Waals surface area contributed by atoms with Crippen LogP contribution in [-0.2, 0) is 0 Å². The second-order valence-electron chi connectivity index (χ2n) is 6.11. The van der Waals surface area contributed by atoms with Crippen molar-refractivity contribution in [2.45, 2.75) is 6.92 Å². The van der Waals surface area contributed by atoms with E-state index >= 15 is 0 Å². The molecule has 2 N–H and O–H groups in total. The average molecular weight is 373 g/mol. The highest BCUT2D eigenvalue weighted by molar-refractivity contribution is 6.07. The molecule has 0 saturated carbocycles. The zero-order valence-corrected chi connectivity index (χ0v) is 15.0. The van der Waals surface area contributed by atoms with E-state index < -0.39 is 11.7 Å². The van der Waals surface area contributed by atoms with Crippen LogP contribution in [0.4, 0.5) is 15.8 Å². The molecule has 3 aromatic rings. The van der Waals surface area contributed by atoms with Crippen molar-refractivity contribution < 1.29 is 14.0 Å². The van der Waals surface area contributed by atoms with Gasteiger partial charge in [-0.15, -0.1) is 0 Å². The van der Waals surface area contributed by atoms with E-state index in [0.717, 1.165) is 11.6 Å². The summed E-state index contributed by atoms with van der Waals surface area (Å²) in [5, 5.41) is 14.1. The van der Waals surface area contributed by atoms with Gasteiger partial charge in [0.25, 0.3) is 11.8 Å². The third-order valence-corrected chi connectivity index (χ3v) is 4.11. The lowest BCUT2D eigenvalue weighted by Gasteiger charge is -2.10. The van der Waals surface area contributed by atoms with Crippen LogP contribution in [0.25, 0.3) is 0 Å². The van der Waals surface area contributed by atoms with E-state index in [9.17, 15) is 14.0 Å². The zero-order valence-electron chi connectivity index (χ0n) is 15.0. The molecule has 0 radical (unpaired) electrons. The number of carbonyl (C=O) groups is 2. The molecule has 138 valence electrons. The first-order valence-electron chi connectivity index (χ1n) is 8.46. The molecule has 0 spiro atoms. The van der Waals surface area contributed by atoms with Crippen LogP contribution in [0.15, 0.2) is 66.7 Å². The first kappa shape index (κ1) is 18.8. The van der Waals surface area contributed by atoms with E-state index in [4.69, 9.17) is 5.26 Å². The molecule has 0 aliphatic heterocycles. The van der Waals surface area contributed by atoms with Crippen molar-refractivity contribution in [2.24, 2.45) is 0 Å². The first-order chi connectivity index (χ1) is 13.5. The summed E-state index contributed by atoms with van der Waals surface area (Å²) < 4.78 is 14.0. The van der Waals surface area contributed by atoms with Crippen LogP contribution in [0.1, 0.15) is 31.8 Å². The number of nitrogens with one attached hydrogen (secondary N) is 2. The molecule has 3 rings (SSSR count). The van der Waals surface area contributed by atoms with Gasteiger partial charge in [0.15, 0.2) is 0 Å². The Hall–Kier alpha value is -3.98. The molecule has 0 aliphatic rings. The molecule has 0 unspecified atom stereocenters. The number of hydrogen-bond donors (Lipinski definition) is 2. The maximum absolute atomic E-state index is 14.0. The van der Waals surface area contributed by atoms with Crippen LogP contribution in [0.5, 0.6) is 0 Å². The number of benzene rings is 3. The van der Waals surface area contributed by atoms with Gasteiger partial charge in [-0.2, -0.15) is 5.26 Å². The first-order valence-corrected chi connectivity index (χ1v) is 8.46. The van der Waals surface area contributed by atoms with Crippen LogP contribution >= 0.6 is 0 Å². The minimum atomic E-state index is -0.777. The monoisotopic (exact) mass is 373 g/mol. The van der Waals surface area contributed by atoms with Gasteiger partial charge in [0.2, 0.25) is 0 Å². The average Bonchev–Trinajstić information content (AvgIpc) is 2.68. The van der Waals surface area contributed by atoms with Gasteiger partial charge in [-0.05, 0) is 55.0 Å². The topological polar surface area (TPSA) is 82.0 Å². The fourth-order valence-corrected chi connectivity index (χ4v) is 2.67. The summed E-state index contributed by atoms with van der Waals surface area (Å²) in [5.74, 6) is -1.69. The van der Waals surface area contributed by atoms with Gasteiger partial charge in [-0.25, -0.2) is 4.39 Å². The van der Waals surface area contributed by atoms with Gasteiger partial charge in [0.1, 0.15) is 5.82 Å². The Bertz CT molecular complexity index is 1100. The highest BCUT2D eigenvalue weighted by atomic mass is 19.1. The lowest BCUT2D eigenvalue weighted by atomic mass is 10.1. The lowest BCUT2D eigenvalue weighted by molar-refractivity contribution is 0.101. The standard InChI is InChI=1S/C22H16FN3O2/c1-14-5-2-3-8-18(14)21(27)25-16-6-4-7-17(12-16)26-22(28)19-10-9-15(13-24)11-20(19)23/h2-12H,1H3,(H,25,27)(H,26,28). The quantitative estimate of drug-likeness (QED) is 0.706. The van der Waals surface area contributed by atoms with Crippen LogP contribution in [-0.4, -0.2) is 11.8 Å². The third-order valence-electron chi connectivity index (χ3n) is 4.11. The number of nitriles is 1. The summed E-state index contributed by atoms with van der Waals surface area (Å²) in [6.45, 7) is 1.84. The van der Waals surface area contributed by atoms with Crippen molar-refractivity contribution in [2.75, 3.05) is 10.6 Å². The Morgan fingerprint density at radius 3 is 2.11 bits per heavy atom. The Labute approximate surface area is 161 Å². The molecular formula is C22H16FN3O2. The van der Waals surface area contributed by atoms with E-state index in [1.807, 2.05) is 25.1 Å². The summed E-state index contributed by atoms with van der Waals surface area (Å²) in [6.07, 6.45) is 0. The molecule has 28 heavy (non-hydrogen) atoms. The van der Waals surface area contributed by atoms with E-state index in [0.29, 0.717) is 16.9 Å². The fourth-order valence-electron chi connectivity index (χ4n) is 2.67. The predicted octanol–water partition coefficient (Wildman–Crippen LogP) is 4.51. The van der Waals surface area contributed by atoms with Gasteiger partial charge in [-0.1, -0.05) is 24.3 Å². The molecule has 0 saturated heterocycles. The smallest absolute Gasteiger partial charge is 0.258 e. The van der Waals surface area contributed by atoms with Crippen molar-refractivity contribution >= 4 is 23.2 Å². The van der Waals surface area contributed by atoms with Gasteiger partial charge in [-0.3, -0.25) is 9.59 Å². The maximum Gasteiger partial charge on any atom is 0.258 e. The molecular weight excluding hydrogens is 357 g/mol. The van der Waals surface area contributed by atoms with Gasteiger partial charge in [0, 0.05) is 16.9 Å². The van der Waals surface area contributed by atoms with E-state index in [1.54, 1.807) is 36.4 Å². The number of nitrogens with zero attached hydrogens (tertiary/aromatic N) is 1. The summed E-state index contributed by atoms with van der Waals surface area (Å²) in [6, 6.07) is 19.2. The molecule has 0 bridgehead atoms. The van der Waals surface area contributed by atoms with Crippen molar-refractivity contribution in [3.63, 3.8) is 0 Å². The van der Waals surface area contributed by atoms with Crippen molar-refractivity contribution in [1.82, 2.24) is 0 Å². The largest absolute Gasteiger partial charge is 0.322 e. The number of aryl methyl sites for hydroxylation is 1. The lowest BCUT2D eigenvalue weighted by Crippen LogP contribution is -2.15. The molecule has 0 fully saturated rings. The van der Waals surface area contributed by atoms with E-state index in [2.05, 4.69) is 10.6 Å². The number of halogens is 1. The highest BCUT2D eigenvalue weighted by Crippen LogP contribution is 2.19.